The van der Waals surface area contributed by atoms with Gasteiger partial charge in [0.2, 0.25) is 0 Å². The predicted octanol–water partition coefficient (Wildman–Crippen LogP) is 0.959. The molecule has 0 aliphatic carbocycles. The van der Waals surface area contributed by atoms with Crippen molar-refractivity contribution in [2.75, 3.05) is 26.2 Å². The topological polar surface area (TPSA) is 70.0 Å². The molecular weight excluding hydrogens is 234 g/mol. The lowest BCUT2D eigenvalue weighted by molar-refractivity contribution is -0.138. The van der Waals surface area contributed by atoms with E-state index in [0.717, 1.165) is 25.9 Å². The first-order valence-corrected chi connectivity index (χ1v) is 6.71. The lowest BCUT2D eigenvalue weighted by atomic mass is 9.93. The maximum absolute atomic E-state index is 10.6. The molecule has 0 saturated carbocycles. The largest absolute Gasteiger partial charge is 0.481 e. The van der Waals surface area contributed by atoms with Gasteiger partial charge in [0, 0.05) is 13.0 Å². The van der Waals surface area contributed by atoms with Crippen molar-refractivity contribution in [2.24, 2.45) is 5.92 Å². The van der Waals surface area contributed by atoms with E-state index in [1.165, 1.54) is 0 Å². The molecule has 0 spiro atoms. The highest BCUT2D eigenvalue weighted by Crippen LogP contribution is 2.20. The van der Waals surface area contributed by atoms with Gasteiger partial charge in [0.15, 0.2) is 0 Å². The number of rotatable bonds is 7. The zero-order valence-electron chi connectivity index (χ0n) is 11.3. The third-order valence-electron chi connectivity index (χ3n) is 3.26. The molecule has 5 nitrogen and oxygen atoms in total. The second-order valence-electron chi connectivity index (χ2n) is 5.38. The van der Waals surface area contributed by atoms with Crippen LogP contribution in [0, 0.1) is 5.92 Å². The maximum Gasteiger partial charge on any atom is 0.303 e. The number of likely N-dealkylation sites (tertiary alicyclic amines) is 1. The summed E-state index contributed by atoms with van der Waals surface area (Å²) in [5, 5.41) is 18.5. The lowest BCUT2D eigenvalue weighted by Gasteiger charge is -2.32. The molecule has 0 bridgehead atoms. The Bertz CT molecular complexity index is 249. The minimum atomic E-state index is -0.709. The fourth-order valence-corrected chi connectivity index (χ4v) is 2.27. The summed E-state index contributed by atoms with van der Waals surface area (Å²) >= 11 is 0. The molecule has 5 heteroatoms. The van der Waals surface area contributed by atoms with Crippen LogP contribution in [0.25, 0.3) is 0 Å². The predicted molar refractivity (Wildman–Crippen MR) is 68.5 cm³/mol. The fraction of sp³-hybridized carbons (Fsp3) is 0.923. The Kier molecular flexibility index (Phi) is 6.60. The molecule has 1 fully saturated rings. The zero-order chi connectivity index (χ0) is 13.5. The van der Waals surface area contributed by atoms with Crippen molar-refractivity contribution in [2.45, 2.75) is 45.3 Å². The average Bonchev–Trinajstić information content (AvgIpc) is 2.28. The summed E-state index contributed by atoms with van der Waals surface area (Å²) in [4.78, 5) is 12.8. The number of hydrogen-bond donors (Lipinski definition) is 2. The summed E-state index contributed by atoms with van der Waals surface area (Å²) < 4.78 is 5.36. The first-order valence-electron chi connectivity index (χ1n) is 6.71. The van der Waals surface area contributed by atoms with Gasteiger partial charge < -0.3 is 19.8 Å². The van der Waals surface area contributed by atoms with Crippen molar-refractivity contribution < 1.29 is 19.7 Å². The highest BCUT2D eigenvalue weighted by molar-refractivity contribution is 5.67. The highest BCUT2D eigenvalue weighted by atomic mass is 16.5. The maximum atomic E-state index is 10.6. The van der Waals surface area contributed by atoms with Gasteiger partial charge in [-0.2, -0.15) is 0 Å². The van der Waals surface area contributed by atoms with E-state index in [1.807, 2.05) is 13.8 Å². The molecule has 2 N–H and O–H groups in total. The van der Waals surface area contributed by atoms with Crippen LogP contribution < -0.4 is 0 Å². The van der Waals surface area contributed by atoms with E-state index in [9.17, 15) is 9.90 Å². The summed E-state index contributed by atoms with van der Waals surface area (Å²) in [6.45, 7) is 6.63. The van der Waals surface area contributed by atoms with E-state index < -0.39 is 12.1 Å². The minimum Gasteiger partial charge on any atom is -0.481 e. The average molecular weight is 259 g/mol. The van der Waals surface area contributed by atoms with Crippen molar-refractivity contribution in [3.63, 3.8) is 0 Å². The third-order valence-corrected chi connectivity index (χ3v) is 3.26. The summed E-state index contributed by atoms with van der Waals surface area (Å²) in [6, 6.07) is 0. The number of nitrogens with zero attached hydrogens (tertiary/aromatic N) is 1. The first-order chi connectivity index (χ1) is 8.47. The van der Waals surface area contributed by atoms with Gasteiger partial charge in [-0.1, -0.05) is 0 Å². The van der Waals surface area contributed by atoms with E-state index in [4.69, 9.17) is 9.84 Å². The minimum absolute atomic E-state index is 0.140. The molecule has 0 aromatic heterocycles. The molecule has 1 atom stereocenters. The number of β-amino-alcohol motifs (C(OH)–C–C–N with tert-alkyl or cyclic N) is 1. The molecule has 106 valence electrons. The SMILES string of the molecule is CC(C)OCC(O)CN1CCC(CC(=O)O)CC1. The van der Waals surface area contributed by atoms with Gasteiger partial charge in [0.1, 0.15) is 0 Å². The lowest BCUT2D eigenvalue weighted by Crippen LogP contribution is -2.40. The zero-order valence-corrected chi connectivity index (χ0v) is 11.3. The number of piperidine rings is 1. The summed E-state index contributed by atoms with van der Waals surface area (Å²) in [5.41, 5.74) is 0. The molecular formula is C13H25NO4. The van der Waals surface area contributed by atoms with Gasteiger partial charge >= 0.3 is 5.97 Å². The quantitative estimate of drug-likeness (QED) is 0.712. The van der Waals surface area contributed by atoms with Crippen LogP contribution in [-0.2, 0) is 9.53 Å². The number of aliphatic hydroxyl groups is 1. The number of carboxylic acid groups (broad SMARTS) is 1. The van der Waals surface area contributed by atoms with Crippen molar-refractivity contribution in [3.05, 3.63) is 0 Å². The Morgan fingerprint density at radius 3 is 2.50 bits per heavy atom. The second-order valence-corrected chi connectivity index (χ2v) is 5.38. The Morgan fingerprint density at radius 1 is 1.39 bits per heavy atom. The van der Waals surface area contributed by atoms with Crippen LogP contribution in [-0.4, -0.2) is 59.5 Å². The fourth-order valence-electron chi connectivity index (χ4n) is 2.27. The summed E-state index contributed by atoms with van der Waals surface area (Å²) in [6.07, 6.45) is 1.77. The van der Waals surface area contributed by atoms with Crippen LogP contribution in [0.2, 0.25) is 0 Å². The molecule has 0 aromatic rings. The number of aliphatic hydroxyl groups excluding tert-OH is 1. The van der Waals surface area contributed by atoms with Gasteiger partial charge in [-0.25, -0.2) is 0 Å². The molecule has 0 amide bonds. The summed E-state index contributed by atoms with van der Waals surface area (Å²) in [5.74, 6) is -0.415. The molecule has 0 radical (unpaired) electrons. The molecule has 1 aliphatic heterocycles. The number of ether oxygens (including phenoxy) is 1. The van der Waals surface area contributed by atoms with Crippen molar-refractivity contribution in [1.82, 2.24) is 4.90 Å². The molecule has 1 saturated heterocycles. The van der Waals surface area contributed by atoms with Crippen molar-refractivity contribution in [1.29, 1.82) is 0 Å². The van der Waals surface area contributed by atoms with Crippen LogP contribution in [0.15, 0.2) is 0 Å². The number of carboxylic acids is 1. The smallest absolute Gasteiger partial charge is 0.303 e. The van der Waals surface area contributed by atoms with Crippen LogP contribution in [0.4, 0.5) is 0 Å². The molecule has 1 heterocycles. The Balaban J connectivity index is 2.16. The van der Waals surface area contributed by atoms with Crippen molar-refractivity contribution >= 4 is 5.97 Å². The van der Waals surface area contributed by atoms with Crippen LogP contribution in [0.5, 0.6) is 0 Å². The van der Waals surface area contributed by atoms with Gasteiger partial charge in [0.05, 0.1) is 18.8 Å². The third kappa shape index (κ3) is 6.33. The van der Waals surface area contributed by atoms with E-state index in [2.05, 4.69) is 4.90 Å². The van der Waals surface area contributed by atoms with Crippen LogP contribution in [0.3, 0.4) is 0 Å². The van der Waals surface area contributed by atoms with E-state index in [0.29, 0.717) is 19.1 Å². The van der Waals surface area contributed by atoms with Gasteiger partial charge in [-0.05, 0) is 45.7 Å². The standard InChI is InChI=1S/C13H25NO4/c1-10(2)18-9-12(15)8-14-5-3-11(4-6-14)7-13(16)17/h10-12,15H,3-9H2,1-2H3,(H,16,17). The Morgan fingerprint density at radius 2 is 2.00 bits per heavy atom. The Hall–Kier alpha value is -0.650. The second kappa shape index (κ2) is 7.71. The normalized spacial score (nSPS) is 20.2. The van der Waals surface area contributed by atoms with Crippen LogP contribution >= 0.6 is 0 Å². The summed E-state index contributed by atoms with van der Waals surface area (Å²) in [7, 11) is 0. The molecule has 1 aliphatic rings. The molecule has 1 unspecified atom stereocenters. The molecule has 18 heavy (non-hydrogen) atoms. The van der Waals surface area contributed by atoms with E-state index in [1.54, 1.807) is 0 Å². The van der Waals surface area contributed by atoms with Crippen LogP contribution in [0.1, 0.15) is 33.1 Å². The van der Waals surface area contributed by atoms with E-state index in [-0.39, 0.29) is 12.5 Å². The first kappa shape index (κ1) is 15.4. The number of aliphatic carboxylic acids is 1. The Labute approximate surface area is 109 Å². The van der Waals surface area contributed by atoms with Gasteiger partial charge in [-0.3, -0.25) is 4.79 Å². The molecule has 1 rings (SSSR count). The van der Waals surface area contributed by atoms with Gasteiger partial charge in [0.25, 0.3) is 0 Å². The van der Waals surface area contributed by atoms with Gasteiger partial charge in [-0.15, -0.1) is 0 Å². The highest BCUT2D eigenvalue weighted by Gasteiger charge is 2.22. The molecule has 0 aromatic carbocycles. The monoisotopic (exact) mass is 259 g/mol. The van der Waals surface area contributed by atoms with E-state index >= 15 is 0 Å². The van der Waals surface area contributed by atoms with Crippen molar-refractivity contribution in [3.8, 4) is 0 Å². The number of hydrogen-bond acceptors (Lipinski definition) is 4. The number of carbonyl (C=O) groups is 1.